The monoisotopic (exact) mass is 234 g/mol. The van der Waals surface area contributed by atoms with Gasteiger partial charge in [-0.15, -0.1) is 0 Å². The van der Waals surface area contributed by atoms with E-state index in [1.807, 2.05) is 13.0 Å². The molecule has 0 radical (unpaired) electrons. The number of furan rings is 1. The average Bonchev–Trinajstić information content (AvgIpc) is 2.93. The number of rotatable bonds is 6. The molecule has 0 aliphatic rings. The van der Waals surface area contributed by atoms with Gasteiger partial charge in [-0.3, -0.25) is 0 Å². The van der Waals surface area contributed by atoms with Crippen LogP contribution in [0.15, 0.2) is 27.4 Å². The van der Waals surface area contributed by atoms with Crippen molar-refractivity contribution in [2.45, 2.75) is 26.7 Å². The largest absolute Gasteiger partial charge is 0.461 e. The van der Waals surface area contributed by atoms with E-state index >= 15 is 0 Å². The summed E-state index contributed by atoms with van der Waals surface area (Å²) in [4.78, 5) is 4.26. The first kappa shape index (κ1) is 11.9. The Morgan fingerprint density at radius 2 is 2.29 bits per heavy atom. The molecule has 0 aromatic carbocycles. The van der Waals surface area contributed by atoms with Gasteiger partial charge in [0.15, 0.2) is 17.4 Å². The van der Waals surface area contributed by atoms with Crippen molar-refractivity contribution in [2.75, 3.05) is 13.1 Å². The maximum Gasteiger partial charge on any atom is 0.195 e. The summed E-state index contributed by atoms with van der Waals surface area (Å²) in [7, 11) is 0. The van der Waals surface area contributed by atoms with Crippen molar-refractivity contribution in [3.63, 3.8) is 0 Å². The molecule has 0 amide bonds. The van der Waals surface area contributed by atoms with E-state index in [2.05, 4.69) is 17.2 Å². The van der Waals surface area contributed by atoms with Gasteiger partial charge in [0.25, 0.3) is 0 Å². The van der Waals surface area contributed by atoms with E-state index in [9.17, 15) is 0 Å². The molecule has 0 atom stereocenters. The minimum Gasteiger partial charge on any atom is -0.461 e. The molecule has 0 spiro atoms. The van der Waals surface area contributed by atoms with E-state index in [0.29, 0.717) is 5.76 Å². The summed E-state index contributed by atoms with van der Waals surface area (Å²) in [5.74, 6) is 2.26. The highest BCUT2D eigenvalue weighted by atomic mass is 16.4. The Morgan fingerprint density at radius 3 is 3.00 bits per heavy atom. The van der Waals surface area contributed by atoms with E-state index in [-0.39, 0.29) is 0 Å². The first-order valence-corrected chi connectivity index (χ1v) is 6.01. The first-order chi connectivity index (χ1) is 8.31. The topological polar surface area (TPSA) is 51.2 Å². The molecule has 4 nitrogen and oxygen atoms in total. The molecule has 0 aliphatic heterocycles. The number of nitrogens with zero attached hydrogens (tertiary/aromatic N) is 1. The predicted molar refractivity (Wildman–Crippen MR) is 65.8 cm³/mol. The molecule has 4 heteroatoms. The normalized spacial score (nSPS) is 10.9. The van der Waals surface area contributed by atoms with Gasteiger partial charge in [0, 0.05) is 6.42 Å². The SMILES string of the molecule is CCNCCCc1ncc(-c2occc2C)o1. The predicted octanol–water partition coefficient (Wildman–Crippen LogP) is 2.79. The Labute approximate surface area is 101 Å². The second-order valence-corrected chi connectivity index (χ2v) is 4.01. The molecule has 2 rings (SSSR count). The van der Waals surface area contributed by atoms with Crippen LogP contribution >= 0.6 is 0 Å². The van der Waals surface area contributed by atoms with E-state index in [0.717, 1.165) is 43.1 Å². The molecule has 0 saturated carbocycles. The molecular formula is C13H18N2O2. The van der Waals surface area contributed by atoms with Crippen molar-refractivity contribution in [3.05, 3.63) is 30.0 Å². The standard InChI is InChI=1S/C13H18N2O2/c1-3-14-7-4-5-12-15-9-11(17-12)13-10(2)6-8-16-13/h6,8-9,14H,3-5,7H2,1-2H3. The molecule has 1 N–H and O–H groups in total. The van der Waals surface area contributed by atoms with Gasteiger partial charge in [-0.25, -0.2) is 4.98 Å². The summed E-state index contributed by atoms with van der Waals surface area (Å²) in [5, 5.41) is 3.27. The summed E-state index contributed by atoms with van der Waals surface area (Å²) in [6.45, 7) is 6.09. The zero-order valence-electron chi connectivity index (χ0n) is 10.3. The molecule has 2 heterocycles. The quantitative estimate of drug-likeness (QED) is 0.781. The maximum absolute atomic E-state index is 5.66. The van der Waals surface area contributed by atoms with Gasteiger partial charge in [0.2, 0.25) is 0 Å². The molecule has 0 aliphatic carbocycles. The Bertz CT molecular complexity index is 459. The van der Waals surface area contributed by atoms with Crippen molar-refractivity contribution >= 4 is 0 Å². The number of oxazole rings is 1. The van der Waals surface area contributed by atoms with Gasteiger partial charge >= 0.3 is 0 Å². The Hall–Kier alpha value is -1.55. The number of aryl methyl sites for hydroxylation is 2. The molecule has 0 bridgehead atoms. The average molecular weight is 234 g/mol. The molecule has 2 aromatic rings. The van der Waals surface area contributed by atoms with Crippen LogP contribution < -0.4 is 5.32 Å². The van der Waals surface area contributed by atoms with E-state index in [4.69, 9.17) is 8.83 Å². The van der Waals surface area contributed by atoms with E-state index in [1.165, 1.54) is 0 Å². The smallest absolute Gasteiger partial charge is 0.195 e. The van der Waals surface area contributed by atoms with Crippen LogP contribution in [0.5, 0.6) is 0 Å². The molecule has 0 unspecified atom stereocenters. The third-order valence-corrected chi connectivity index (χ3v) is 2.63. The van der Waals surface area contributed by atoms with Crippen LogP contribution in [0.3, 0.4) is 0 Å². The van der Waals surface area contributed by atoms with Gasteiger partial charge in [0.05, 0.1) is 12.5 Å². The lowest BCUT2D eigenvalue weighted by Crippen LogP contribution is -2.14. The van der Waals surface area contributed by atoms with Crippen LogP contribution in [-0.4, -0.2) is 18.1 Å². The molecule has 2 aromatic heterocycles. The summed E-state index contributed by atoms with van der Waals surface area (Å²) < 4.78 is 11.0. The van der Waals surface area contributed by atoms with Crippen LogP contribution in [0.1, 0.15) is 24.8 Å². The Balaban J connectivity index is 1.95. The molecule has 92 valence electrons. The minimum absolute atomic E-state index is 0.714. The first-order valence-electron chi connectivity index (χ1n) is 6.01. The van der Waals surface area contributed by atoms with Crippen molar-refractivity contribution in [1.29, 1.82) is 0 Å². The van der Waals surface area contributed by atoms with Gasteiger partial charge in [-0.1, -0.05) is 6.92 Å². The fraction of sp³-hybridized carbons (Fsp3) is 0.462. The highest BCUT2D eigenvalue weighted by Crippen LogP contribution is 2.25. The molecule has 0 saturated heterocycles. The van der Waals surface area contributed by atoms with Crippen molar-refractivity contribution in [3.8, 4) is 11.5 Å². The zero-order valence-corrected chi connectivity index (χ0v) is 10.3. The highest BCUT2D eigenvalue weighted by molar-refractivity contribution is 5.53. The molecule has 17 heavy (non-hydrogen) atoms. The number of aromatic nitrogens is 1. The summed E-state index contributed by atoms with van der Waals surface area (Å²) in [6, 6.07) is 1.92. The third kappa shape index (κ3) is 2.97. The van der Waals surface area contributed by atoms with E-state index < -0.39 is 0 Å². The fourth-order valence-corrected chi connectivity index (χ4v) is 1.70. The third-order valence-electron chi connectivity index (χ3n) is 2.63. The second-order valence-electron chi connectivity index (χ2n) is 4.01. The summed E-state index contributed by atoms with van der Waals surface area (Å²) >= 11 is 0. The summed E-state index contributed by atoms with van der Waals surface area (Å²) in [5.41, 5.74) is 1.07. The second kappa shape index (κ2) is 5.68. The van der Waals surface area contributed by atoms with Crippen molar-refractivity contribution in [2.24, 2.45) is 0 Å². The van der Waals surface area contributed by atoms with Crippen LogP contribution in [0, 0.1) is 6.92 Å². The van der Waals surface area contributed by atoms with Gasteiger partial charge < -0.3 is 14.2 Å². The highest BCUT2D eigenvalue weighted by Gasteiger charge is 2.11. The number of nitrogens with one attached hydrogen (secondary N) is 1. The Morgan fingerprint density at radius 1 is 1.41 bits per heavy atom. The van der Waals surface area contributed by atoms with Crippen molar-refractivity contribution in [1.82, 2.24) is 10.3 Å². The van der Waals surface area contributed by atoms with Crippen LogP contribution in [-0.2, 0) is 6.42 Å². The number of hydrogen-bond acceptors (Lipinski definition) is 4. The lowest BCUT2D eigenvalue weighted by molar-refractivity contribution is 0.472. The van der Waals surface area contributed by atoms with Crippen LogP contribution in [0.2, 0.25) is 0 Å². The number of hydrogen-bond donors (Lipinski definition) is 1. The van der Waals surface area contributed by atoms with Gasteiger partial charge in [-0.05, 0) is 38.1 Å². The van der Waals surface area contributed by atoms with E-state index in [1.54, 1.807) is 12.5 Å². The lowest BCUT2D eigenvalue weighted by Gasteiger charge is -1.98. The van der Waals surface area contributed by atoms with Gasteiger partial charge in [0.1, 0.15) is 0 Å². The fourth-order valence-electron chi connectivity index (χ4n) is 1.70. The van der Waals surface area contributed by atoms with Gasteiger partial charge in [-0.2, -0.15) is 0 Å². The molecular weight excluding hydrogens is 216 g/mol. The Kier molecular flexibility index (Phi) is 3.98. The zero-order chi connectivity index (χ0) is 12.1. The lowest BCUT2D eigenvalue weighted by atomic mass is 10.2. The maximum atomic E-state index is 5.66. The van der Waals surface area contributed by atoms with Crippen LogP contribution in [0.25, 0.3) is 11.5 Å². The molecule has 0 fully saturated rings. The van der Waals surface area contributed by atoms with Crippen molar-refractivity contribution < 1.29 is 8.83 Å². The minimum atomic E-state index is 0.714. The summed E-state index contributed by atoms with van der Waals surface area (Å²) in [6.07, 6.45) is 5.28. The van der Waals surface area contributed by atoms with Crippen LogP contribution in [0.4, 0.5) is 0 Å².